The molecule has 1 amide bonds. The van der Waals surface area contributed by atoms with Crippen LogP contribution in [0.3, 0.4) is 0 Å². The first-order valence-electron chi connectivity index (χ1n) is 6.95. The van der Waals surface area contributed by atoms with E-state index in [1.807, 2.05) is 20.2 Å². The maximum absolute atomic E-state index is 11.9. The molecule has 0 saturated heterocycles. The average molecular weight is 278 g/mol. The van der Waals surface area contributed by atoms with Gasteiger partial charge in [-0.1, -0.05) is 0 Å². The van der Waals surface area contributed by atoms with Crippen LogP contribution in [0.15, 0.2) is 18.3 Å². The van der Waals surface area contributed by atoms with Gasteiger partial charge >= 0.3 is 0 Å². The van der Waals surface area contributed by atoms with E-state index in [1.54, 1.807) is 12.3 Å². The van der Waals surface area contributed by atoms with Crippen molar-refractivity contribution in [2.75, 3.05) is 32.5 Å². The third-order valence-electron chi connectivity index (χ3n) is 2.60. The van der Waals surface area contributed by atoms with Gasteiger partial charge in [0.2, 0.25) is 0 Å². The lowest BCUT2D eigenvalue weighted by Gasteiger charge is -2.21. The van der Waals surface area contributed by atoms with Gasteiger partial charge < -0.3 is 15.5 Å². The first-order chi connectivity index (χ1) is 9.28. The number of anilines is 1. The van der Waals surface area contributed by atoms with Gasteiger partial charge in [-0.15, -0.1) is 0 Å². The topological polar surface area (TPSA) is 57.3 Å². The molecule has 0 unspecified atom stereocenters. The molecule has 1 rings (SSSR count). The van der Waals surface area contributed by atoms with Crippen LogP contribution in [-0.2, 0) is 0 Å². The molecule has 1 aromatic heterocycles. The van der Waals surface area contributed by atoms with Crippen molar-refractivity contribution in [1.82, 2.24) is 15.2 Å². The first kappa shape index (κ1) is 16.4. The molecule has 0 aliphatic carbocycles. The largest absolute Gasteiger partial charge is 0.365 e. The summed E-state index contributed by atoms with van der Waals surface area (Å²) >= 11 is 0. The fourth-order valence-corrected chi connectivity index (χ4v) is 1.69. The smallest absolute Gasteiger partial charge is 0.252 e. The summed E-state index contributed by atoms with van der Waals surface area (Å²) < 4.78 is 0. The fourth-order valence-electron chi connectivity index (χ4n) is 1.69. The highest BCUT2D eigenvalue weighted by molar-refractivity contribution is 5.94. The number of carbonyl (C=O) groups is 1. The van der Waals surface area contributed by atoms with Gasteiger partial charge in [0, 0.05) is 18.3 Å². The Morgan fingerprint density at radius 3 is 2.50 bits per heavy atom. The van der Waals surface area contributed by atoms with Crippen molar-refractivity contribution in [1.29, 1.82) is 0 Å². The molecule has 0 bridgehead atoms. The van der Waals surface area contributed by atoms with Gasteiger partial charge in [-0.2, -0.15) is 0 Å². The lowest BCUT2D eigenvalue weighted by atomic mass is 10.1. The maximum atomic E-state index is 11.9. The monoisotopic (exact) mass is 278 g/mol. The van der Waals surface area contributed by atoms with Crippen molar-refractivity contribution in [2.45, 2.75) is 32.7 Å². The third kappa shape index (κ3) is 6.52. The lowest BCUT2D eigenvalue weighted by molar-refractivity contribution is 0.0952. The highest BCUT2D eigenvalue weighted by Crippen LogP contribution is 2.12. The van der Waals surface area contributed by atoms with Crippen molar-refractivity contribution in [3.8, 4) is 0 Å². The van der Waals surface area contributed by atoms with E-state index in [-0.39, 0.29) is 11.4 Å². The lowest BCUT2D eigenvalue weighted by Crippen LogP contribution is -2.28. The van der Waals surface area contributed by atoms with E-state index in [1.165, 1.54) is 0 Å². The molecule has 5 heteroatoms. The van der Waals surface area contributed by atoms with E-state index in [0.29, 0.717) is 12.1 Å². The van der Waals surface area contributed by atoms with Crippen LogP contribution in [0.4, 0.5) is 5.82 Å². The number of nitrogens with zero attached hydrogens (tertiary/aromatic N) is 2. The predicted octanol–water partition coefficient (Wildman–Crippen LogP) is 1.97. The highest BCUT2D eigenvalue weighted by atomic mass is 16.1. The predicted molar refractivity (Wildman–Crippen MR) is 83.1 cm³/mol. The minimum Gasteiger partial charge on any atom is -0.365 e. The van der Waals surface area contributed by atoms with Crippen molar-refractivity contribution < 1.29 is 4.79 Å². The molecule has 0 atom stereocenters. The number of nitrogens with one attached hydrogen (secondary N) is 2. The minimum atomic E-state index is -0.0708. The van der Waals surface area contributed by atoms with Gasteiger partial charge in [-0.05, 0) is 60.0 Å². The molecule has 0 aromatic carbocycles. The van der Waals surface area contributed by atoms with Gasteiger partial charge in [0.25, 0.3) is 5.91 Å². The van der Waals surface area contributed by atoms with Crippen molar-refractivity contribution in [3.05, 3.63) is 23.9 Å². The van der Waals surface area contributed by atoms with E-state index in [2.05, 4.69) is 41.3 Å². The molecule has 2 N–H and O–H groups in total. The Morgan fingerprint density at radius 2 is 2.00 bits per heavy atom. The number of rotatable bonds is 6. The van der Waals surface area contributed by atoms with Crippen LogP contribution in [0.2, 0.25) is 0 Å². The molecule has 1 aromatic rings. The molecule has 20 heavy (non-hydrogen) atoms. The van der Waals surface area contributed by atoms with E-state index in [9.17, 15) is 4.79 Å². The summed E-state index contributed by atoms with van der Waals surface area (Å²) in [6.07, 6.45) is 2.55. The summed E-state index contributed by atoms with van der Waals surface area (Å²) in [4.78, 5) is 18.3. The van der Waals surface area contributed by atoms with Gasteiger partial charge in [-0.25, -0.2) is 4.98 Å². The Kier molecular flexibility index (Phi) is 5.95. The molecule has 5 nitrogen and oxygen atoms in total. The van der Waals surface area contributed by atoms with E-state index in [4.69, 9.17) is 0 Å². The van der Waals surface area contributed by atoms with Crippen LogP contribution in [0.5, 0.6) is 0 Å². The molecular weight excluding hydrogens is 252 g/mol. The first-order valence-corrected chi connectivity index (χ1v) is 6.95. The number of hydrogen-bond donors (Lipinski definition) is 2. The van der Waals surface area contributed by atoms with Gasteiger partial charge in [-0.3, -0.25) is 4.79 Å². The maximum Gasteiger partial charge on any atom is 0.252 e. The van der Waals surface area contributed by atoms with E-state index >= 15 is 0 Å². The van der Waals surface area contributed by atoms with Gasteiger partial charge in [0.1, 0.15) is 5.82 Å². The quantitative estimate of drug-likeness (QED) is 0.781. The Bertz CT molecular complexity index is 420. The molecule has 0 fully saturated rings. The van der Waals surface area contributed by atoms with Crippen molar-refractivity contribution in [2.24, 2.45) is 0 Å². The molecule has 0 radical (unpaired) electrons. The molecule has 0 spiro atoms. The second-order valence-corrected chi connectivity index (χ2v) is 6.22. The van der Waals surface area contributed by atoms with Crippen LogP contribution in [0.1, 0.15) is 37.6 Å². The van der Waals surface area contributed by atoms with Crippen molar-refractivity contribution in [3.63, 3.8) is 0 Å². The van der Waals surface area contributed by atoms with Crippen LogP contribution < -0.4 is 10.6 Å². The number of pyridine rings is 1. The molecule has 0 aliphatic heterocycles. The van der Waals surface area contributed by atoms with Crippen LogP contribution in [-0.4, -0.2) is 48.5 Å². The molecule has 112 valence electrons. The minimum absolute atomic E-state index is 0.0387. The number of aromatic nitrogens is 1. The molecule has 0 aliphatic rings. The Hall–Kier alpha value is -1.62. The fraction of sp³-hybridized carbons (Fsp3) is 0.600. The summed E-state index contributed by atoms with van der Waals surface area (Å²) in [5.41, 5.74) is 0.553. The van der Waals surface area contributed by atoms with E-state index in [0.717, 1.165) is 18.8 Å². The molecule has 1 heterocycles. The number of hydrogen-bond acceptors (Lipinski definition) is 4. The standard InChI is InChI=1S/C15H26N4O/c1-15(2,3)18-13-8-7-12(11-17-13)14(20)16-9-6-10-19(4)5/h7-8,11H,6,9-10H2,1-5H3,(H,16,20)(H,17,18). The summed E-state index contributed by atoms with van der Waals surface area (Å²) in [6, 6.07) is 3.63. The average Bonchev–Trinajstić information content (AvgIpc) is 2.33. The molecular formula is C15H26N4O. The van der Waals surface area contributed by atoms with Crippen LogP contribution in [0, 0.1) is 0 Å². The number of amides is 1. The Balaban J connectivity index is 2.45. The van der Waals surface area contributed by atoms with Gasteiger partial charge in [0.05, 0.1) is 5.56 Å². The Labute approximate surface area is 121 Å². The third-order valence-corrected chi connectivity index (χ3v) is 2.60. The van der Waals surface area contributed by atoms with Crippen molar-refractivity contribution >= 4 is 11.7 Å². The summed E-state index contributed by atoms with van der Waals surface area (Å²) in [7, 11) is 4.04. The zero-order valence-electron chi connectivity index (χ0n) is 13.2. The Morgan fingerprint density at radius 1 is 1.30 bits per heavy atom. The second kappa shape index (κ2) is 7.24. The zero-order chi connectivity index (χ0) is 15.2. The molecule has 0 saturated carbocycles. The zero-order valence-corrected chi connectivity index (χ0v) is 13.2. The SMILES string of the molecule is CN(C)CCCNC(=O)c1ccc(NC(C)(C)C)nc1. The second-order valence-electron chi connectivity index (χ2n) is 6.22. The summed E-state index contributed by atoms with van der Waals surface area (Å²) in [6.45, 7) is 7.85. The van der Waals surface area contributed by atoms with E-state index < -0.39 is 0 Å². The normalized spacial score (nSPS) is 11.5. The highest BCUT2D eigenvalue weighted by Gasteiger charge is 2.11. The number of carbonyl (C=O) groups excluding carboxylic acids is 1. The summed E-state index contributed by atoms with van der Waals surface area (Å²) in [5.74, 6) is 0.709. The summed E-state index contributed by atoms with van der Waals surface area (Å²) in [5, 5.41) is 6.16. The van der Waals surface area contributed by atoms with Gasteiger partial charge in [0.15, 0.2) is 0 Å². The van der Waals surface area contributed by atoms with Crippen LogP contribution in [0.25, 0.3) is 0 Å². The van der Waals surface area contributed by atoms with Crippen LogP contribution >= 0.6 is 0 Å².